The molecular formula is C16H14N4OS2. The summed E-state index contributed by atoms with van der Waals surface area (Å²) in [5.74, 6) is 1.36. The van der Waals surface area contributed by atoms with Crippen molar-refractivity contribution in [3.8, 4) is 11.4 Å². The molecule has 0 amide bonds. The highest BCUT2D eigenvalue weighted by atomic mass is 32.2. The van der Waals surface area contributed by atoms with Crippen LogP contribution in [0.1, 0.15) is 28.6 Å². The minimum Gasteiger partial charge on any atom is -0.299 e. The number of Topliss-reactive ketones (excluding diaryl/α,β-unsaturated/α-hetero) is 1. The summed E-state index contributed by atoms with van der Waals surface area (Å²) in [6.45, 7) is 0. The fourth-order valence-corrected chi connectivity index (χ4v) is 4.01. The topological polar surface area (TPSA) is 60.7 Å². The molecule has 0 N–H and O–H groups in total. The third-order valence-corrected chi connectivity index (χ3v) is 5.48. The molecule has 0 unspecified atom stereocenters. The van der Waals surface area contributed by atoms with Crippen LogP contribution in [0.15, 0.2) is 47.2 Å². The zero-order chi connectivity index (χ0) is 15.6. The monoisotopic (exact) mass is 342 g/mol. The first-order valence-electron chi connectivity index (χ1n) is 7.38. The first-order chi connectivity index (χ1) is 11.3. The van der Waals surface area contributed by atoms with Gasteiger partial charge in [0, 0.05) is 24.0 Å². The van der Waals surface area contributed by atoms with Gasteiger partial charge in [-0.05, 0) is 36.4 Å². The van der Waals surface area contributed by atoms with Gasteiger partial charge >= 0.3 is 0 Å². The molecule has 0 spiro atoms. The zero-order valence-electron chi connectivity index (χ0n) is 12.3. The van der Waals surface area contributed by atoms with Crippen LogP contribution in [0.25, 0.3) is 11.4 Å². The van der Waals surface area contributed by atoms with E-state index < -0.39 is 0 Å². The summed E-state index contributed by atoms with van der Waals surface area (Å²) in [6, 6.07) is 8.09. The van der Waals surface area contributed by atoms with Gasteiger partial charge in [-0.25, -0.2) is 0 Å². The van der Waals surface area contributed by atoms with Gasteiger partial charge in [-0.15, -0.1) is 21.5 Å². The van der Waals surface area contributed by atoms with Crippen LogP contribution in [0.4, 0.5) is 0 Å². The molecule has 23 heavy (non-hydrogen) atoms. The summed E-state index contributed by atoms with van der Waals surface area (Å²) in [4.78, 5) is 17.1. The van der Waals surface area contributed by atoms with E-state index in [9.17, 15) is 4.79 Å². The first kappa shape index (κ1) is 14.6. The SMILES string of the molecule is O=C(CSc1nnc(-c2cccnc2)n1C1CC1)c1cccs1. The maximum atomic E-state index is 12.2. The summed E-state index contributed by atoms with van der Waals surface area (Å²) >= 11 is 2.94. The van der Waals surface area contributed by atoms with Crippen LogP contribution >= 0.6 is 23.1 Å². The van der Waals surface area contributed by atoms with Gasteiger partial charge in [-0.2, -0.15) is 0 Å². The number of rotatable bonds is 6. The minimum absolute atomic E-state index is 0.137. The number of carbonyl (C=O) groups is 1. The molecule has 1 aliphatic rings. The van der Waals surface area contributed by atoms with E-state index >= 15 is 0 Å². The summed E-state index contributed by atoms with van der Waals surface area (Å²) in [5, 5.41) is 11.4. The van der Waals surface area contributed by atoms with E-state index in [4.69, 9.17) is 0 Å². The molecule has 0 radical (unpaired) electrons. The van der Waals surface area contributed by atoms with Gasteiger partial charge in [-0.3, -0.25) is 14.3 Å². The van der Waals surface area contributed by atoms with Crippen LogP contribution in [0, 0.1) is 0 Å². The Labute approximate surface area is 141 Å². The smallest absolute Gasteiger partial charge is 0.192 e. The largest absolute Gasteiger partial charge is 0.299 e. The highest BCUT2D eigenvalue weighted by Crippen LogP contribution is 2.41. The van der Waals surface area contributed by atoms with Crippen LogP contribution in [0.5, 0.6) is 0 Å². The van der Waals surface area contributed by atoms with Crippen molar-refractivity contribution in [2.24, 2.45) is 0 Å². The van der Waals surface area contributed by atoms with E-state index in [2.05, 4.69) is 19.7 Å². The average molecular weight is 342 g/mol. The molecule has 0 aliphatic heterocycles. The second-order valence-electron chi connectivity index (χ2n) is 5.34. The highest BCUT2D eigenvalue weighted by Gasteiger charge is 2.30. The Balaban J connectivity index is 1.57. The van der Waals surface area contributed by atoms with E-state index in [1.54, 1.807) is 12.4 Å². The Bertz CT molecular complexity index is 810. The number of ketones is 1. The van der Waals surface area contributed by atoms with E-state index in [0.717, 1.165) is 34.3 Å². The Kier molecular flexibility index (Phi) is 3.97. The third-order valence-electron chi connectivity index (χ3n) is 3.62. The Hall–Kier alpha value is -1.99. The van der Waals surface area contributed by atoms with Crippen LogP contribution < -0.4 is 0 Å². The molecule has 0 saturated heterocycles. The number of thioether (sulfide) groups is 1. The predicted octanol–water partition coefficient (Wildman–Crippen LogP) is 3.71. The number of carbonyl (C=O) groups excluding carboxylic acids is 1. The van der Waals surface area contributed by atoms with Crippen LogP contribution in [0.2, 0.25) is 0 Å². The van der Waals surface area contributed by atoms with Gasteiger partial charge in [-0.1, -0.05) is 17.8 Å². The van der Waals surface area contributed by atoms with E-state index in [1.165, 1.54) is 23.1 Å². The molecule has 116 valence electrons. The first-order valence-corrected chi connectivity index (χ1v) is 9.24. The normalized spacial score (nSPS) is 14.1. The standard InChI is InChI=1S/C16H14N4OS2/c21-13(14-4-2-8-22-14)10-23-16-19-18-15(20(16)12-5-6-12)11-3-1-7-17-9-11/h1-4,7-9,12H,5-6,10H2. The molecular weight excluding hydrogens is 328 g/mol. The molecule has 3 heterocycles. The Morgan fingerprint density at radius 3 is 2.91 bits per heavy atom. The van der Waals surface area contributed by atoms with E-state index in [1.807, 2.05) is 29.6 Å². The molecule has 0 atom stereocenters. The average Bonchev–Trinajstić information content (AvgIpc) is 3.12. The molecule has 3 aromatic rings. The van der Waals surface area contributed by atoms with Crippen molar-refractivity contribution in [3.05, 3.63) is 46.9 Å². The number of hydrogen-bond donors (Lipinski definition) is 0. The Morgan fingerprint density at radius 1 is 1.30 bits per heavy atom. The molecule has 4 rings (SSSR count). The number of pyridine rings is 1. The number of aromatic nitrogens is 4. The molecule has 1 fully saturated rings. The van der Waals surface area contributed by atoms with Crippen molar-refractivity contribution < 1.29 is 4.79 Å². The summed E-state index contributed by atoms with van der Waals surface area (Å²) in [7, 11) is 0. The van der Waals surface area contributed by atoms with Crippen molar-refractivity contribution in [2.45, 2.75) is 24.0 Å². The highest BCUT2D eigenvalue weighted by molar-refractivity contribution is 7.99. The maximum absolute atomic E-state index is 12.2. The lowest BCUT2D eigenvalue weighted by Gasteiger charge is -2.08. The fraction of sp³-hybridized carbons (Fsp3) is 0.250. The predicted molar refractivity (Wildman–Crippen MR) is 90.9 cm³/mol. The van der Waals surface area contributed by atoms with Crippen molar-refractivity contribution in [3.63, 3.8) is 0 Å². The summed E-state index contributed by atoms with van der Waals surface area (Å²) in [6.07, 6.45) is 5.82. The van der Waals surface area contributed by atoms with E-state index in [-0.39, 0.29) is 5.78 Å². The molecule has 0 aromatic carbocycles. The molecule has 1 aliphatic carbocycles. The van der Waals surface area contributed by atoms with Gasteiger partial charge in [0.25, 0.3) is 0 Å². The van der Waals surface area contributed by atoms with Crippen molar-refractivity contribution in [1.29, 1.82) is 0 Å². The molecule has 3 aromatic heterocycles. The Morgan fingerprint density at radius 2 is 2.22 bits per heavy atom. The summed E-state index contributed by atoms with van der Waals surface area (Å²) in [5.41, 5.74) is 0.961. The molecule has 5 nitrogen and oxygen atoms in total. The van der Waals surface area contributed by atoms with Crippen molar-refractivity contribution in [2.75, 3.05) is 5.75 Å². The lowest BCUT2D eigenvalue weighted by atomic mass is 10.3. The number of nitrogens with zero attached hydrogens (tertiary/aromatic N) is 4. The maximum Gasteiger partial charge on any atom is 0.192 e. The second kappa shape index (κ2) is 6.25. The van der Waals surface area contributed by atoms with E-state index in [0.29, 0.717) is 11.8 Å². The summed E-state index contributed by atoms with van der Waals surface area (Å²) < 4.78 is 2.16. The number of hydrogen-bond acceptors (Lipinski definition) is 6. The lowest BCUT2D eigenvalue weighted by Crippen LogP contribution is -2.03. The quantitative estimate of drug-likeness (QED) is 0.505. The molecule has 1 saturated carbocycles. The fourth-order valence-electron chi connectivity index (χ4n) is 2.37. The minimum atomic E-state index is 0.137. The number of thiophene rings is 1. The molecule has 7 heteroatoms. The van der Waals surface area contributed by atoms with Gasteiger partial charge < -0.3 is 0 Å². The lowest BCUT2D eigenvalue weighted by molar-refractivity contribution is 0.102. The second-order valence-corrected chi connectivity index (χ2v) is 7.23. The van der Waals surface area contributed by atoms with Crippen LogP contribution in [-0.4, -0.2) is 31.3 Å². The van der Waals surface area contributed by atoms with Crippen LogP contribution in [-0.2, 0) is 0 Å². The third kappa shape index (κ3) is 3.07. The van der Waals surface area contributed by atoms with Crippen molar-refractivity contribution >= 4 is 28.9 Å². The van der Waals surface area contributed by atoms with Gasteiger partial charge in [0.2, 0.25) is 0 Å². The van der Waals surface area contributed by atoms with Gasteiger partial charge in [0.05, 0.1) is 10.6 Å². The van der Waals surface area contributed by atoms with Crippen molar-refractivity contribution in [1.82, 2.24) is 19.7 Å². The molecule has 0 bridgehead atoms. The van der Waals surface area contributed by atoms with Gasteiger partial charge in [0.1, 0.15) is 0 Å². The zero-order valence-corrected chi connectivity index (χ0v) is 13.9. The van der Waals surface area contributed by atoms with Gasteiger partial charge in [0.15, 0.2) is 16.8 Å². The van der Waals surface area contributed by atoms with Crippen LogP contribution in [0.3, 0.4) is 0 Å².